The first kappa shape index (κ1) is 13.1. The first-order valence-corrected chi connectivity index (χ1v) is 7.00. The molecule has 4 nitrogen and oxygen atoms in total. The van der Waals surface area contributed by atoms with Gasteiger partial charge in [-0.05, 0) is 43.0 Å². The normalized spacial score (nSPS) is 14.6. The lowest BCUT2D eigenvalue weighted by molar-refractivity contribution is 0.0982. The summed E-state index contributed by atoms with van der Waals surface area (Å²) in [6, 6.07) is 5.68. The first-order chi connectivity index (χ1) is 9.75. The van der Waals surface area contributed by atoms with Gasteiger partial charge in [0.05, 0.1) is 6.20 Å². The van der Waals surface area contributed by atoms with Crippen LogP contribution >= 0.6 is 11.6 Å². The Morgan fingerprint density at radius 1 is 1.25 bits per heavy atom. The van der Waals surface area contributed by atoms with Gasteiger partial charge < -0.3 is 4.90 Å². The van der Waals surface area contributed by atoms with Crippen LogP contribution in [0, 0.1) is 0 Å². The monoisotopic (exact) mass is 287 g/mol. The molecule has 1 aromatic carbocycles. The van der Waals surface area contributed by atoms with Crippen molar-refractivity contribution in [3.8, 4) is 0 Å². The molecule has 0 radical (unpaired) electrons. The maximum atomic E-state index is 12.6. The number of hydrogen-bond acceptors (Lipinski definition) is 3. The lowest BCUT2D eigenvalue weighted by Gasteiger charge is -2.22. The zero-order chi connectivity index (χ0) is 13.9. The zero-order valence-corrected chi connectivity index (χ0v) is 11.7. The van der Waals surface area contributed by atoms with E-state index in [1.54, 1.807) is 11.1 Å². The van der Waals surface area contributed by atoms with Gasteiger partial charge in [0.2, 0.25) is 0 Å². The molecule has 0 atom stereocenters. The minimum absolute atomic E-state index is 0.108. The van der Waals surface area contributed by atoms with Crippen LogP contribution < -0.4 is 4.90 Å². The number of aromatic nitrogens is 2. The number of carbonyl (C=O) groups is 1. The third kappa shape index (κ3) is 2.51. The zero-order valence-electron chi connectivity index (χ0n) is 10.9. The second-order valence-electron chi connectivity index (χ2n) is 4.78. The summed E-state index contributed by atoms with van der Waals surface area (Å²) in [6.07, 6.45) is 7.57. The Morgan fingerprint density at radius 3 is 2.95 bits per heavy atom. The Hall–Kier alpha value is -1.94. The first-order valence-electron chi connectivity index (χ1n) is 6.62. The van der Waals surface area contributed by atoms with Crippen LogP contribution in [0.3, 0.4) is 0 Å². The predicted molar refractivity (Wildman–Crippen MR) is 78.1 cm³/mol. The number of halogens is 1. The largest absolute Gasteiger partial charge is 0.307 e. The molecule has 3 rings (SSSR count). The minimum Gasteiger partial charge on any atom is -0.307 e. The SMILES string of the molecule is O=C(c1cnccn1)N1CCCCc2cc(Cl)ccc21. The van der Waals surface area contributed by atoms with E-state index in [1.165, 1.54) is 12.4 Å². The molecular formula is C15H14ClN3O. The summed E-state index contributed by atoms with van der Waals surface area (Å²) in [5, 5.41) is 0.706. The van der Waals surface area contributed by atoms with E-state index in [0.717, 1.165) is 30.5 Å². The number of amides is 1. The smallest absolute Gasteiger partial charge is 0.278 e. The second-order valence-corrected chi connectivity index (χ2v) is 5.21. The molecule has 102 valence electrons. The lowest BCUT2D eigenvalue weighted by Crippen LogP contribution is -2.32. The molecule has 1 aromatic heterocycles. The molecule has 0 unspecified atom stereocenters. The van der Waals surface area contributed by atoms with Gasteiger partial charge in [-0.25, -0.2) is 4.98 Å². The van der Waals surface area contributed by atoms with E-state index in [2.05, 4.69) is 9.97 Å². The molecule has 1 aliphatic heterocycles. The van der Waals surface area contributed by atoms with Gasteiger partial charge in [-0.3, -0.25) is 9.78 Å². The van der Waals surface area contributed by atoms with E-state index in [-0.39, 0.29) is 5.91 Å². The van der Waals surface area contributed by atoms with Crippen molar-refractivity contribution in [2.45, 2.75) is 19.3 Å². The Kier molecular flexibility index (Phi) is 3.65. The van der Waals surface area contributed by atoms with Crippen molar-refractivity contribution >= 4 is 23.2 Å². The van der Waals surface area contributed by atoms with Gasteiger partial charge in [0.1, 0.15) is 5.69 Å². The average molecular weight is 288 g/mol. The molecule has 2 aromatic rings. The summed E-state index contributed by atoms with van der Waals surface area (Å²) >= 11 is 6.05. The van der Waals surface area contributed by atoms with Crippen LogP contribution in [0.4, 0.5) is 5.69 Å². The summed E-state index contributed by atoms with van der Waals surface area (Å²) < 4.78 is 0. The maximum absolute atomic E-state index is 12.6. The van der Waals surface area contributed by atoms with Gasteiger partial charge in [0.25, 0.3) is 5.91 Å². The molecule has 5 heteroatoms. The van der Waals surface area contributed by atoms with Gasteiger partial charge in [0.15, 0.2) is 0 Å². The van der Waals surface area contributed by atoms with E-state index in [1.807, 2.05) is 18.2 Å². The van der Waals surface area contributed by atoms with Gasteiger partial charge >= 0.3 is 0 Å². The topological polar surface area (TPSA) is 46.1 Å². The molecule has 0 saturated heterocycles. The number of hydrogen-bond donors (Lipinski definition) is 0. The number of fused-ring (bicyclic) bond motifs is 1. The molecule has 2 heterocycles. The number of rotatable bonds is 1. The predicted octanol–water partition coefficient (Wildman–Crippen LogP) is 3.11. The summed E-state index contributed by atoms with van der Waals surface area (Å²) in [5.41, 5.74) is 2.42. The molecule has 0 saturated carbocycles. The number of aryl methyl sites for hydroxylation is 1. The van der Waals surface area contributed by atoms with E-state index >= 15 is 0 Å². The van der Waals surface area contributed by atoms with E-state index in [0.29, 0.717) is 17.3 Å². The van der Waals surface area contributed by atoms with Crippen LogP contribution in [0.2, 0.25) is 5.02 Å². The summed E-state index contributed by atoms with van der Waals surface area (Å²) in [5.74, 6) is -0.108. The highest BCUT2D eigenvalue weighted by Crippen LogP contribution is 2.29. The molecule has 0 aliphatic carbocycles. The molecule has 1 amide bonds. The van der Waals surface area contributed by atoms with Gasteiger partial charge in [0, 0.05) is 29.6 Å². The Bertz CT molecular complexity index is 630. The summed E-state index contributed by atoms with van der Waals surface area (Å²) in [7, 11) is 0. The summed E-state index contributed by atoms with van der Waals surface area (Å²) in [4.78, 5) is 22.4. The average Bonchev–Trinajstić information content (AvgIpc) is 2.69. The van der Waals surface area contributed by atoms with Crippen LogP contribution in [0.25, 0.3) is 0 Å². The fourth-order valence-electron chi connectivity index (χ4n) is 2.48. The molecule has 0 N–H and O–H groups in total. The highest BCUT2D eigenvalue weighted by Gasteiger charge is 2.23. The van der Waals surface area contributed by atoms with Crippen molar-refractivity contribution in [1.82, 2.24) is 9.97 Å². The Morgan fingerprint density at radius 2 is 2.15 bits per heavy atom. The number of benzene rings is 1. The maximum Gasteiger partial charge on any atom is 0.278 e. The highest BCUT2D eigenvalue weighted by molar-refractivity contribution is 6.30. The third-order valence-electron chi connectivity index (χ3n) is 3.44. The van der Waals surface area contributed by atoms with Crippen LogP contribution in [-0.2, 0) is 6.42 Å². The number of nitrogens with zero attached hydrogens (tertiary/aromatic N) is 3. The fourth-order valence-corrected chi connectivity index (χ4v) is 2.68. The summed E-state index contributed by atoms with van der Waals surface area (Å²) in [6.45, 7) is 0.698. The number of anilines is 1. The minimum atomic E-state index is -0.108. The second kappa shape index (κ2) is 5.59. The number of carbonyl (C=O) groups excluding carboxylic acids is 1. The van der Waals surface area contributed by atoms with Gasteiger partial charge in [-0.2, -0.15) is 0 Å². The molecule has 0 fully saturated rings. The highest BCUT2D eigenvalue weighted by atomic mass is 35.5. The molecule has 20 heavy (non-hydrogen) atoms. The van der Waals surface area contributed by atoms with Crippen molar-refractivity contribution in [3.05, 3.63) is 53.1 Å². The fraction of sp³-hybridized carbons (Fsp3) is 0.267. The van der Waals surface area contributed by atoms with E-state index in [4.69, 9.17) is 11.6 Å². The molecule has 0 bridgehead atoms. The standard InChI is InChI=1S/C15H14ClN3O/c16-12-4-5-14-11(9-12)3-1-2-8-19(14)15(20)13-10-17-6-7-18-13/h4-7,9-10H,1-3,8H2. The molecule has 0 spiro atoms. The van der Waals surface area contributed by atoms with Crippen molar-refractivity contribution < 1.29 is 4.79 Å². The quantitative estimate of drug-likeness (QED) is 0.809. The van der Waals surface area contributed by atoms with E-state index < -0.39 is 0 Å². The Balaban J connectivity index is 2.00. The molecule has 1 aliphatic rings. The van der Waals surface area contributed by atoms with Crippen molar-refractivity contribution in [2.75, 3.05) is 11.4 Å². The van der Waals surface area contributed by atoms with Crippen LogP contribution in [0.5, 0.6) is 0 Å². The molecular weight excluding hydrogens is 274 g/mol. The van der Waals surface area contributed by atoms with Crippen molar-refractivity contribution in [1.29, 1.82) is 0 Å². The van der Waals surface area contributed by atoms with Crippen molar-refractivity contribution in [3.63, 3.8) is 0 Å². The van der Waals surface area contributed by atoms with Gasteiger partial charge in [-0.15, -0.1) is 0 Å². The van der Waals surface area contributed by atoms with Crippen molar-refractivity contribution in [2.24, 2.45) is 0 Å². The third-order valence-corrected chi connectivity index (χ3v) is 3.67. The lowest BCUT2D eigenvalue weighted by atomic mass is 10.1. The van der Waals surface area contributed by atoms with Crippen LogP contribution in [0.15, 0.2) is 36.8 Å². The van der Waals surface area contributed by atoms with E-state index in [9.17, 15) is 4.79 Å². The van der Waals surface area contributed by atoms with Crippen LogP contribution in [-0.4, -0.2) is 22.4 Å². The Labute approximate surface area is 122 Å². The van der Waals surface area contributed by atoms with Gasteiger partial charge in [-0.1, -0.05) is 11.6 Å². The van der Waals surface area contributed by atoms with Crippen LogP contribution in [0.1, 0.15) is 28.9 Å².